The van der Waals surface area contributed by atoms with Gasteiger partial charge in [-0.1, -0.05) is 12.1 Å². The highest BCUT2D eigenvalue weighted by Crippen LogP contribution is 2.22. The topological polar surface area (TPSA) is 15.8 Å². The second-order valence-electron chi connectivity index (χ2n) is 3.00. The molecule has 0 amide bonds. The van der Waals surface area contributed by atoms with Crippen LogP contribution in [0.3, 0.4) is 0 Å². The van der Waals surface area contributed by atoms with Crippen LogP contribution in [0, 0.1) is 12.7 Å². The first kappa shape index (κ1) is 8.05. The first-order valence-electron chi connectivity index (χ1n) is 4.18. The summed E-state index contributed by atoms with van der Waals surface area (Å²) in [4.78, 5) is 3.05. The summed E-state index contributed by atoms with van der Waals surface area (Å²) in [6.45, 7) is 1.78. The number of halogens is 1. The fourth-order valence-electron chi connectivity index (χ4n) is 1.40. The minimum Gasteiger partial charge on any atom is -0.361 e. The lowest BCUT2D eigenvalue weighted by Crippen LogP contribution is -1.87. The lowest BCUT2D eigenvalue weighted by molar-refractivity contribution is 0.619. The highest BCUT2D eigenvalue weighted by molar-refractivity contribution is 5.63. The molecule has 1 nitrogen and oxygen atoms in total. The average Bonchev–Trinajstić information content (AvgIpc) is 2.62. The Hall–Kier alpha value is -1.57. The normalized spacial score (nSPS) is 10.3. The predicted octanol–water partition coefficient (Wildman–Crippen LogP) is 3.13. The van der Waals surface area contributed by atoms with E-state index >= 15 is 0 Å². The lowest BCUT2D eigenvalue weighted by atomic mass is 10.1. The molecule has 0 saturated heterocycles. The van der Waals surface area contributed by atoms with Crippen LogP contribution in [0.15, 0.2) is 36.5 Å². The Balaban J connectivity index is 2.59. The van der Waals surface area contributed by atoms with Crippen molar-refractivity contribution in [1.29, 1.82) is 0 Å². The van der Waals surface area contributed by atoms with Crippen LogP contribution >= 0.6 is 0 Å². The maximum atomic E-state index is 13.2. The van der Waals surface area contributed by atoms with Crippen LogP contribution in [0.25, 0.3) is 11.3 Å². The molecule has 2 heteroatoms. The molecule has 0 fully saturated rings. The van der Waals surface area contributed by atoms with Crippen LogP contribution in [-0.4, -0.2) is 4.98 Å². The molecule has 13 heavy (non-hydrogen) atoms. The highest BCUT2D eigenvalue weighted by atomic mass is 19.1. The molecule has 0 atom stereocenters. The lowest BCUT2D eigenvalue weighted by Gasteiger charge is -2.03. The molecule has 1 aromatic carbocycles. The molecule has 0 radical (unpaired) electrons. The van der Waals surface area contributed by atoms with E-state index in [1.807, 2.05) is 24.4 Å². The molecule has 66 valence electrons. The Morgan fingerprint density at radius 3 is 2.69 bits per heavy atom. The summed E-state index contributed by atoms with van der Waals surface area (Å²) in [5.74, 6) is -0.160. The predicted molar refractivity (Wildman–Crippen MR) is 50.9 cm³/mol. The van der Waals surface area contributed by atoms with Gasteiger partial charge in [-0.2, -0.15) is 0 Å². The van der Waals surface area contributed by atoms with Crippen molar-refractivity contribution >= 4 is 0 Å². The second kappa shape index (κ2) is 3.05. The van der Waals surface area contributed by atoms with Gasteiger partial charge in [-0.05, 0) is 30.7 Å². The van der Waals surface area contributed by atoms with Crippen molar-refractivity contribution in [2.75, 3.05) is 0 Å². The van der Waals surface area contributed by atoms with E-state index in [0.717, 1.165) is 11.3 Å². The third-order valence-electron chi connectivity index (χ3n) is 2.16. The molecule has 0 bridgehead atoms. The number of H-pyrrole nitrogens is 1. The molecule has 0 spiro atoms. The van der Waals surface area contributed by atoms with Crippen LogP contribution in [0.4, 0.5) is 4.39 Å². The molecule has 2 aromatic rings. The quantitative estimate of drug-likeness (QED) is 0.685. The number of nitrogens with one attached hydrogen (secondary N) is 1. The Kier molecular flexibility index (Phi) is 1.89. The van der Waals surface area contributed by atoms with E-state index in [0.29, 0.717) is 5.56 Å². The van der Waals surface area contributed by atoms with Gasteiger partial charge in [0.1, 0.15) is 5.82 Å². The summed E-state index contributed by atoms with van der Waals surface area (Å²) in [5.41, 5.74) is 2.56. The van der Waals surface area contributed by atoms with Gasteiger partial charge in [0.25, 0.3) is 0 Å². The molecule has 1 heterocycles. The first-order valence-corrected chi connectivity index (χ1v) is 4.18. The van der Waals surface area contributed by atoms with Crippen molar-refractivity contribution in [3.63, 3.8) is 0 Å². The van der Waals surface area contributed by atoms with Gasteiger partial charge in [-0.25, -0.2) is 4.39 Å². The Labute approximate surface area is 76.2 Å². The van der Waals surface area contributed by atoms with Gasteiger partial charge in [0.15, 0.2) is 0 Å². The summed E-state index contributed by atoms with van der Waals surface area (Å²) in [5, 5.41) is 0. The molecule has 0 aliphatic carbocycles. The number of hydrogen-bond acceptors (Lipinski definition) is 0. The molecule has 1 aromatic heterocycles. The number of benzene rings is 1. The summed E-state index contributed by atoms with van der Waals surface area (Å²) in [6.07, 6.45) is 1.83. The molecule has 0 unspecified atom stereocenters. The van der Waals surface area contributed by atoms with Crippen molar-refractivity contribution < 1.29 is 4.39 Å². The van der Waals surface area contributed by atoms with E-state index in [-0.39, 0.29) is 5.82 Å². The molecular weight excluding hydrogens is 165 g/mol. The van der Waals surface area contributed by atoms with E-state index in [4.69, 9.17) is 0 Å². The van der Waals surface area contributed by atoms with Crippen LogP contribution in [0.2, 0.25) is 0 Å². The number of hydrogen-bond donors (Lipinski definition) is 1. The largest absolute Gasteiger partial charge is 0.361 e. The van der Waals surface area contributed by atoms with Gasteiger partial charge in [0.05, 0.1) is 0 Å². The number of rotatable bonds is 1. The maximum Gasteiger partial charge on any atom is 0.126 e. The maximum absolute atomic E-state index is 13.2. The van der Waals surface area contributed by atoms with Crippen molar-refractivity contribution in [3.8, 4) is 11.3 Å². The second-order valence-corrected chi connectivity index (χ2v) is 3.00. The van der Waals surface area contributed by atoms with Crippen molar-refractivity contribution in [2.45, 2.75) is 6.92 Å². The Morgan fingerprint density at radius 2 is 2.00 bits per heavy atom. The van der Waals surface area contributed by atoms with E-state index in [2.05, 4.69) is 4.98 Å². The fraction of sp³-hybridized carbons (Fsp3) is 0.0909. The van der Waals surface area contributed by atoms with Gasteiger partial charge in [-0.3, -0.25) is 0 Å². The summed E-state index contributed by atoms with van der Waals surface area (Å²) < 4.78 is 13.2. The standard InChI is InChI=1S/C11H10FN/c1-8-9(4-2-5-10(8)12)11-6-3-7-13-11/h2-7,13H,1H3. The van der Waals surface area contributed by atoms with Crippen LogP contribution in [0.5, 0.6) is 0 Å². The molecule has 0 saturated carbocycles. The van der Waals surface area contributed by atoms with E-state index in [9.17, 15) is 4.39 Å². The monoisotopic (exact) mass is 175 g/mol. The Morgan fingerprint density at radius 1 is 1.15 bits per heavy atom. The van der Waals surface area contributed by atoms with Crippen molar-refractivity contribution in [2.24, 2.45) is 0 Å². The third kappa shape index (κ3) is 1.35. The minimum absolute atomic E-state index is 0.160. The molecule has 1 N–H and O–H groups in total. The summed E-state index contributed by atoms with van der Waals surface area (Å²) in [7, 11) is 0. The highest BCUT2D eigenvalue weighted by Gasteiger charge is 2.04. The third-order valence-corrected chi connectivity index (χ3v) is 2.16. The zero-order chi connectivity index (χ0) is 9.26. The molecular formula is C11H10FN. The smallest absolute Gasteiger partial charge is 0.126 e. The zero-order valence-corrected chi connectivity index (χ0v) is 7.34. The van der Waals surface area contributed by atoms with E-state index in [1.54, 1.807) is 13.0 Å². The van der Waals surface area contributed by atoms with Gasteiger partial charge >= 0.3 is 0 Å². The van der Waals surface area contributed by atoms with Crippen LogP contribution in [0.1, 0.15) is 5.56 Å². The summed E-state index contributed by atoms with van der Waals surface area (Å²) >= 11 is 0. The Bertz CT molecular complexity index is 404. The van der Waals surface area contributed by atoms with E-state index < -0.39 is 0 Å². The number of aromatic amines is 1. The van der Waals surface area contributed by atoms with Gasteiger partial charge in [0, 0.05) is 17.5 Å². The number of aromatic nitrogens is 1. The van der Waals surface area contributed by atoms with Gasteiger partial charge in [-0.15, -0.1) is 0 Å². The van der Waals surface area contributed by atoms with Crippen LogP contribution < -0.4 is 0 Å². The van der Waals surface area contributed by atoms with Crippen molar-refractivity contribution in [1.82, 2.24) is 4.98 Å². The average molecular weight is 175 g/mol. The van der Waals surface area contributed by atoms with Crippen molar-refractivity contribution in [3.05, 3.63) is 47.9 Å². The van der Waals surface area contributed by atoms with Gasteiger partial charge < -0.3 is 4.98 Å². The van der Waals surface area contributed by atoms with E-state index in [1.165, 1.54) is 6.07 Å². The van der Waals surface area contributed by atoms with Crippen LogP contribution in [-0.2, 0) is 0 Å². The summed E-state index contributed by atoms with van der Waals surface area (Å²) in [6, 6.07) is 8.94. The molecule has 2 rings (SSSR count). The minimum atomic E-state index is -0.160. The SMILES string of the molecule is Cc1c(F)cccc1-c1ccc[nH]1. The molecule has 0 aliphatic heterocycles. The fourth-order valence-corrected chi connectivity index (χ4v) is 1.40. The van der Waals surface area contributed by atoms with Gasteiger partial charge in [0.2, 0.25) is 0 Å². The molecule has 0 aliphatic rings. The zero-order valence-electron chi connectivity index (χ0n) is 7.34. The first-order chi connectivity index (χ1) is 6.29.